The first kappa shape index (κ1) is 11.4. The van der Waals surface area contributed by atoms with Gasteiger partial charge in [-0.05, 0) is 59.1 Å². The van der Waals surface area contributed by atoms with Gasteiger partial charge in [0.1, 0.15) is 5.52 Å². The predicted octanol–water partition coefficient (Wildman–Crippen LogP) is 4.27. The molecule has 0 saturated heterocycles. The average molecular weight is 303 g/mol. The van der Waals surface area contributed by atoms with E-state index in [-0.39, 0.29) is 0 Å². The van der Waals surface area contributed by atoms with Gasteiger partial charge in [0.05, 0.1) is 5.56 Å². The van der Waals surface area contributed by atoms with E-state index in [1.807, 2.05) is 18.2 Å². The molecule has 2 aromatic heterocycles. The van der Waals surface area contributed by atoms with Crippen LogP contribution in [0.3, 0.4) is 0 Å². The van der Waals surface area contributed by atoms with Gasteiger partial charge >= 0.3 is 0 Å². The SMILES string of the molecule is Cc1cc2nc(-c3cncc(Br)c3)oc2cc1C. The van der Waals surface area contributed by atoms with Crippen LogP contribution in [0.1, 0.15) is 11.1 Å². The maximum Gasteiger partial charge on any atom is 0.228 e. The van der Waals surface area contributed by atoms with Crippen LogP contribution in [0, 0.1) is 13.8 Å². The van der Waals surface area contributed by atoms with Crippen molar-refractivity contribution in [2.24, 2.45) is 0 Å². The van der Waals surface area contributed by atoms with E-state index in [9.17, 15) is 0 Å². The molecule has 90 valence electrons. The highest BCUT2D eigenvalue weighted by molar-refractivity contribution is 9.10. The topological polar surface area (TPSA) is 38.9 Å². The average Bonchev–Trinajstić information content (AvgIpc) is 2.73. The monoisotopic (exact) mass is 302 g/mol. The fraction of sp³-hybridized carbons (Fsp3) is 0.143. The van der Waals surface area contributed by atoms with E-state index in [0.717, 1.165) is 21.1 Å². The number of benzene rings is 1. The maximum absolute atomic E-state index is 5.77. The van der Waals surface area contributed by atoms with Crippen LogP contribution in [0.25, 0.3) is 22.6 Å². The lowest BCUT2D eigenvalue weighted by molar-refractivity contribution is 0.619. The number of nitrogens with zero attached hydrogens (tertiary/aromatic N) is 2. The zero-order chi connectivity index (χ0) is 12.7. The molecule has 3 rings (SSSR count). The molecule has 0 spiro atoms. The number of rotatable bonds is 1. The van der Waals surface area contributed by atoms with Crippen LogP contribution >= 0.6 is 15.9 Å². The van der Waals surface area contributed by atoms with Crippen LogP contribution in [-0.2, 0) is 0 Å². The summed E-state index contributed by atoms with van der Waals surface area (Å²) in [5.74, 6) is 0.601. The molecule has 0 aliphatic rings. The van der Waals surface area contributed by atoms with Crippen molar-refractivity contribution >= 4 is 27.0 Å². The van der Waals surface area contributed by atoms with Gasteiger partial charge in [-0.25, -0.2) is 4.98 Å². The Morgan fingerprint density at radius 2 is 1.83 bits per heavy atom. The first-order chi connectivity index (χ1) is 8.63. The second-order valence-electron chi connectivity index (χ2n) is 4.32. The van der Waals surface area contributed by atoms with E-state index in [4.69, 9.17) is 4.42 Å². The van der Waals surface area contributed by atoms with Crippen molar-refractivity contribution < 1.29 is 4.42 Å². The lowest BCUT2D eigenvalue weighted by Gasteiger charge is -1.96. The van der Waals surface area contributed by atoms with Gasteiger partial charge in [0.25, 0.3) is 0 Å². The zero-order valence-electron chi connectivity index (χ0n) is 10.1. The molecule has 0 aliphatic carbocycles. The Morgan fingerprint density at radius 1 is 1.06 bits per heavy atom. The van der Waals surface area contributed by atoms with Gasteiger partial charge in [-0.2, -0.15) is 0 Å². The Hall–Kier alpha value is -1.68. The summed E-state index contributed by atoms with van der Waals surface area (Å²) in [5.41, 5.74) is 4.99. The van der Waals surface area contributed by atoms with Crippen molar-refractivity contribution in [2.75, 3.05) is 0 Å². The molecule has 3 nitrogen and oxygen atoms in total. The van der Waals surface area contributed by atoms with Crippen molar-refractivity contribution in [3.05, 3.63) is 46.2 Å². The lowest BCUT2D eigenvalue weighted by Crippen LogP contribution is -1.80. The first-order valence-corrected chi connectivity index (χ1v) is 6.41. The fourth-order valence-electron chi connectivity index (χ4n) is 1.83. The van der Waals surface area contributed by atoms with Crippen LogP contribution in [0.2, 0.25) is 0 Å². The van der Waals surface area contributed by atoms with E-state index in [1.54, 1.807) is 12.4 Å². The molecule has 0 saturated carbocycles. The summed E-state index contributed by atoms with van der Waals surface area (Å²) >= 11 is 3.39. The Labute approximate surface area is 113 Å². The van der Waals surface area contributed by atoms with E-state index in [0.29, 0.717) is 5.89 Å². The number of aryl methyl sites for hydroxylation is 2. The molecule has 0 amide bonds. The predicted molar refractivity (Wildman–Crippen MR) is 74.4 cm³/mol. The van der Waals surface area contributed by atoms with Gasteiger partial charge in [0.15, 0.2) is 5.58 Å². The van der Waals surface area contributed by atoms with E-state index in [1.165, 1.54) is 11.1 Å². The minimum Gasteiger partial charge on any atom is -0.436 e. The summed E-state index contributed by atoms with van der Waals surface area (Å²) in [4.78, 5) is 8.62. The van der Waals surface area contributed by atoms with Crippen LogP contribution in [0.15, 0.2) is 39.5 Å². The second kappa shape index (κ2) is 4.21. The molecule has 1 aromatic carbocycles. The van der Waals surface area contributed by atoms with Crippen molar-refractivity contribution in [1.82, 2.24) is 9.97 Å². The number of oxazole rings is 1. The standard InChI is InChI=1S/C14H11BrN2O/c1-8-3-12-13(4-9(8)2)18-14(17-12)10-5-11(15)7-16-6-10/h3-7H,1-2H3. The van der Waals surface area contributed by atoms with Crippen molar-refractivity contribution in [2.45, 2.75) is 13.8 Å². The molecule has 0 unspecified atom stereocenters. The third-order valence-corrected chi connectivity index (χ3v) is 3.39. The second-order valence-corrected chi connectivity index (χ2v) is 5.23. The normalized spacial score (nSPS) is 11.1. The number of aromatic nitrogens is 2. The van der Waals surface area contributed by atoms with Crippen LogP contribution < -0.4 is 0 Å². The minimum atomic E-state index is 0.601. The highest BCUT2D eigenvalue weighted by Crippen LogP contribution is 2.27. The highest BCUT2D eigenvalue weighted by atomic mass is 79.9. The van der Waals surface area contributed by atoms with Crippen molar-refractivity contribution in [3.63, 3.8) is 0 Å². The molecule has 0 bridgehead atoms. The molecule has 18 heavy (non-hydrogen) atoms. The van der Waals surface area contributed by atoms with Crippen LogP contribution in [-0.4, -0.2) is 9.97 Å². The molecular weight excluding hydrogens is 292 g/mol. The van der Waals surface area contributed by atoms with E-state index in [2.05, 4.69) is 39.7 Å². The Morgan fingerprint density at radius 3 is 2.61 bits per heavy atom. The van der Waals surface area contributed by atoms with Gasteiger partial charge in [-0.15, -0.1) is 0 Å². The molecule has 3 aromatic rings. The summed E-state index contributed by atoms with van der Waals surface area (Å²) in [6.07, 6.45) is 3.48. The van der Waals surface area contributed by atoms with E-state index >= 15 is 0 Å². The largest absolute Gasteiger partial charge is 0.436 e. The zero-order valence-corrected chi connectivity index (χ0v) is 11.7. The molecule has 0 radical (unpaired) electrons. The Bertz CT molecular complexity index is 695. The maximum atomic E-state index is 5.77. The highest BCUT2D eigenvalue weighted by Gasteiger charge is 2.10. The number of hydrogen-bond donors (Lipinski definition) is 0. The van der Waals surface area contributed by atoms with Crippen LogP contribution in [0.5, 0.6) is 0 Å². The minimum absolute atomic E-state index is 0.601. The van der Waals surface area contributed by atoms with Crippen LogP contribution in [0.4, 0.5) is 0 Å². The quantitative estimate of drug-likeness (QED) is 0.674. The first-order valence-electron chi connectivity index (χ1n) is 5.62. The Kier molecular flexibility index (Phi) is 2.67. The van der Waals surface area contributed by atoms with Gasteiger partial charge in [0, 0.05) is 16.9 Å². The van der Waals surface area contributed by atoms with E-state index < -0.39 is 0 Å². The third kappa shape index (κ3) is 1.93. The smallest absolute Gasteiger partial charge is 0.228 e. The summed E-state index contributed by atoms with van der Waals surface area (Å²) in [5, 5.41) is 0. The van der Waals surface area contributed by atoms with Crippen molar-refractivity contribution in [3.8, 4) is 11.5 Å². The molecular formula is C14H11BrN2O. The summed E-state index contributed by atoms with van der Waals surface area (Å²) in [7, 11) is 0. The number of pyridine rings is 1. The molecule has 0 atom stereocenters. The summed E-state index contributed by atoms with van der Waals surface area (Å²) < 4.78 is 6.68. The van der Waals surface area contributed by atoms with Gasteiger partial charge in [-0.1, -0.05) is 0 Å². The summed E-state index contributed by atoms with van der Waals surface area (Å²) in [6.45, 7) is 4.14. The number of fused-ring (bicyclic) bond motifs is 1. The molecule has 4 heteroatoms. The number of halogens is 1. The molecule has 0 fully saturated rings. The molecule has 2 heterocycles. The van der Waals surface area contributed by atoms with Crippen molar-refractivity contribution in [1.29, 1.82) is 0 Å². The van der Waals surface area contributed by atoms with Gasteiger partial charge < -0.3 is 4.42 Å². The summed E-state index contributed by atoms with van der Waals surface area (Å²) in [6, 6.07) is 6.01. The molecule has 0 N–H and O–H groups in total. The Balaban J connectivity index is 2.19. The number of hydrogen-bond acceptors (Lipinski definition) is 3. The molecule has 0 aliphatic heterocycles. The third-order valence-electron chi connectivity index (χ3n) is 2.96. The fourth-order valence-corrected chi connectivity index (χ4v) is 2.20. The van der Waals surface area contributed by atoms with Gasteiger partial charge in [-0.3, -0.25) is 4.98 Å². The lowest BCUT2D eigenvalue weighted by atomic mass is 10.1. The van der Waals surface area contributed by atoms with Gasteiger partial charge in [0.2, 0.25) is 5.89 Å².